The van der Waals surface area contributed by atoms with Gasteiger partial charge in [0.2, 0.25) is 0 Å². The van der Waals surface area contributed by atoms with E-state index in [4.69, 9.17) is 0 Å². The molecule has 0 saturated carbocycles. The molecule has 0 fully saturated rings. The second-order valence-corrected chi connectivity index (χ2v) is 4.73. The van der Waals surface area contributed by atoms with Gasteiger partial charge in [-0.25, -0.2) is 17.6 Å². The molecule has 0 nitrogen and oxygen atoms in total. The first-order valence-corrected chi connectivity index (χ1v) is 5.39. The molecule has 1 rings (SSSR count). The van der Waals surface area contributed by atoms with Crippen molar-refractivity contribution in [3.05, 3.63) is 18.7 Å². The summed E-state index contributed by atoms with van der Waals surface area (Å²) in [4.78, 5) is -0.746. The maximum Gasteiger partial charge on any atom is 0.273 e. The van der Waals surface area contributed by atoms with Gasteiger partial charge in [0.05, 0.1) is 18.7 Å². The third-order valence-electron chi connectivity index (χ3n) is 1.24. The van der Waals surface area contributed by atoms with E-state index in [0.717, 1.165) is 0 Å². The predicted molar refractivity (Wildman–Crippen MR) is 49.6 cm³/mol. The maximum atomic E-state index is 12.2. The Hall–Kier alpha value is 0.380. The monoisotopic (exact) mass is 340 g/mol. The minimum atomic E-state index is -2.73. The summed E-state index contributed by atoms with van der Waals surface area (Å²) < 4.78 is 48.8. The fourth-order valence-electron chi connectivity index (χ4n) is 0.705. The Morgan fingerprint density at radius 3 is 1.31 bits per heavy atom. The summed E-state index contributed by atoms with van der Waals surface area (Å²) >= 11 is 6.05. The van der Waals surface area contributed by atoms with Crippen molar-refractivity contribution in [1.29, 1.82) is 0 Å². The van der Waals surface area contributed by atoms with Crippen LogP contribution in [0.1, 0.15) is 22.6 Å². The standard InChI is InChI=1S/C6H2Br2F4S/c7-1-2(8)4(6(11)12)13-3(1)5(9)10/h5-6H. The van der Waals surface area contributed by atoms with E-state index >= 15 is 0 Å². The van der Waals surface area contributed by atoms with Crippen molar-refractivity contribution in [1.82, 2.24) is 0 Å². The largest absolute Gasteiger partial charge is 0.273 e. The highest BCUT2D eigenvalue weighted by Gasteiger charge is 2.25. The molecular formula is C6H2Br2F4S. The Balaban J connectivity index is 3.20. The van der Waals surface area contributed by atoms with Gasteiger partial charge in [0, 0.05) is 0 Å². The normalized spacial score (nSPS) is 11.7. The molecule has 7 heteroatoms. The summed E-state index contributed by atoms with van der Waals surface area (Å²) in [5, 5.41) is 0. The van der Waals surface area contributed by atoms with Crippen LogP contribution in [0.15, 0.2) is 8.95 Å². The molecule has 1 aromatic rings. The summed E-state index contributed by atoms with van der Waals surface area (Å²) in [5.74, 6) is 0. The van der Waals surface area contributed by atoms with E-state index in [0.29, 0.717) is 11.3 Å². The number of hydrogen-bond acceptors (Lipinski definition) is 1. The van der Waals surface area contributed by atoms with Gasteiger partial charge in [0.15, 0.2) is 0 Å². The quantitative estimate of drug-likeness (QED) is 0.653. The van der Waals surface area contributed by atoms with E-state index in [9.17, 15) is 17.6 Å². The molecule has 0 aliphatic rings. The van der Waals surface area contributed by atoms with Crippen molar-refractivity contribution in [2.24, 2.45) is 0 Å². The number of thiophene rings is 1. The molecular weight excluding hydrogens is 340 g/mol. The van der Waals surface area contributed by atoms with Gasteiger partial charge in [-0.3, -0.25) is 0 Å². The van der Waals surface area contributed by atoms with E-state index in [-0.39, 0.29) is 18.7 Å². The minimum Gasteiger partial charge on any atom is -0.204 e. The van der Waals surface area contributed by atoms with Crippen molar-refractivity contribution in [3.8, 4) is 0 Å². The van der Waals surface area contributed by atoms with Crippen LogP contribution in [-0.2, 0) is 0 Å². The average Bonchev–Trinajstić information content (AvgIpc) is 2.29. The third-order valence-corrected chi connectivity index (χ3v) is 5.15. The Morgan fingerprint density at radius 1 is 0.846 bits per heavy atom. The minimum absolute atomic E-state index is 0.0165. The molecule has 0 atom stereocenters. The van der Waals surface area contributed by atoms with Crippen LogP contribution < -0.4 is 0 Å². The summed E-state index contributed by atoms with van der Waals surface area (Å²) in [5.41, 5.74) is 0. The fraction of sp³-hybridized carbons (Fsp3) is 0.333. The lowest BCUT2D eigenvalue weighted by Crippen LogP contribution is -1.76. The lowest BCUT2D eigenvalue weighted by Gasteiger charge is -1.93. The highest BCUT2D eigenvalue weighted by molar-refractivity contribution is 9.13. The van der Waals surface area contributed by atoms with Gasteiger partial charge in [0.25, 0.3) is 12.9 Å². The summed E-state index contributed by atoms with van der Waals surface area (Å²) in [6.07, 6.45) is -5.47. The molecule has 0 unspecified atom stereocenters. The first kappa shape index (κ1) is 11.5. The highest BCUT2D eigenvalue weighted by atomic mass is 79.9. The lowest BCUT2D eigenvalue weighted by molar-refractivity contribution is 0.154. The Morgan fingerprint density at radius 2 is 1.15 bits per heavy atom. The van der Waals surface area contributed by atoms with Crippen LogP contribution in [0.2, 0.25) is 0 Å². The van der Waals surface area contributed by atoms with Crippen molar-refractivity contribution in [3.63, 3.8) is 0 Å². The molecule has 74 valence electrons. The first-order chi connectivity index (χ1) is 5.95. The topological polar surface area (TPSA) is 0 Å². The van der Waals surface area contributed by atoms with Crippen LogP contribution in [-0.4, -0.2) is 0 Å². The zero-order chi connectivity index (χ0) is 10.2. The van der Waals surface area contributed by atoms with E-state index in [1.54, 1.807) is 0 Å². The Labute approximate surface area is 92.2 Å². The molecule has 13 heavy (non-hydrogen) atoms. The van der Waals surface area contributed by atoms with Gasteiger partial charge in [-0.2, -0.15) is 0 Å². The van der Waals surface area contributed by atoms with E-state index < -0.39 is 12.9 Å². The van der Waals surface area contributed by atoms with Gasteiger partial charge in [-0.1, -0.05) is 0 Å². The zero-order valence-corrected chi connectivity index (χ0v) is 9.82. The molecule has 0 N–H and O–H groups in total. The van der Waals surface area contributed by atoms with Gasteiger partial charge >= 0.3 is 0 Å². The van der Waals surface area contributed by atoms with Gasteiger partial charge < -0.3 is 0 Å². The summed E-state index contributed by atoms with van der Waals surface area (Å²) in [6, 6.07) is 0. The second kappa shape index (κ2) is 4.27. The molecule has 1 heterocycles. The molecule has 0 bridgehead atoms. The third kappa shape index (κ3) is 2.24. The lowest BCUT2D eigenvalue weighted by atomic mass is 10.4. The molecule has 0 aliphatic carbocycles. The van der Waals surface area contributed by atoms with Crippen molar-refractivity contribution in [2.45, 2.75) is 12.9 Å². The molecule has 0 amide bonds. The molecule has 1 aromatic heterocycles. The second-order valence-electron chi connectivity index (χ2n) is 2.06. The van der Waals surface area contributed by atoms with Crippen LogP contribution in [0, 0.1) is 0 Å². The highest BCUT2D eigenvalue weighted by Crippen LogP contribution is 2.45. The molecule has 0 radical (unpaired) electrons. The number of alkyl halides is 4. The van der Waals surface area contributed by atoms with E-state index in [2.05, 4.69) is 31.9 Å². The van der Waals surface area contributed by atoms with Crippen LogP contribution in [0.5, 0.6) is 0 Å². The van der Waals surface area contributed by atoms with Gasteiger partial charge in [-0.15, -0.1) is 11.3 Å². The molecule has 0 aliphatic heterocycles. The molecule has 0 spiro atoms. The fourth-order valence-corrected chi connectivity index (χ4v) is 3.02. The van der Waals surface area contributed by atoms with Crippen LogP contribution in [0.4, 0.5) is 17.6 Å². The first-order valence-electron chi connectivity index (χ1n) is 2.99. The van der Waals surface area contributed by atoms with E-state index in [1.807, 2.05) is 0 Å². The number of hydrogen-bond donors (Lipinski definition) is 0. The average molecular weight is 342 g/mol. The van der Waals surface area contributed by atoms with Crippen LogP contribution >= 0.6 is 43.2 Å². The van der Waals surface area contributed by atoms with Gasteiger partial charge in [-0.05, 0) is 31.9 Å². The summed E-state index contributed by atoms with van der Waals surface area (Å²) in [6.45, 7) is 0. The van der Waals surface area contributed by atoms with Crippen LogP contribution in [0.3, 0.4) is 0 Å². The maximum absolute atomic E-state index is 12.2. The smallest absolute Gasteiger partial charge is 0.204 e. The Kier molecular flexibility index (Phi) is 3.76. The van der Waals surface area contributed by atoms with Crippen molar-refractivity contribution < 1.29 is 17.6 Å². The predicted octanol–water partition coefficient (Wildman–Crippen LogP) is 5.15. The van der Waals surface area contributed by atoms with Gasteiger partial charge in [0.1, 0.15) is 0 Å². The Bertz CT molecular complexity index is 281. The molecule has 0 saturated heterocycles. The zero-order valence-electron chi connectivity index (χ0n) is 5.83. The molecule has 0 aromatic carbocycles. The van der Waals surface area contributed by atoms with E-state index in [1.165, 1.54) is 0 Å². The van der Waals surface area contributed by atoms with Crippen molar-refractivity contribution in [2.75, 3.05) is 0 Å². The SMILES string of the molecule is FC(F)c1sc(C(F)F)c(Br)c1Br. The summed E-state index contributed by atoms with van der Waals surface area (Å²) in [7, 11) is 0. The number of halogens is 6. The van der Waals surface area contributed by atoms with Crippen molar-refractivity contribution >= 4 is 43.2 Å². The van der Waals surface area contributed by atoms with Crippen LogP contribution in [0.25, 0.3) is 0 Å². The number of rotatable bonds is 2.